The van der Waals surface area contributed by atoms with Gasteiger partial charge in [-0.05, 0) is 6.42 Å². The molecule has 0 saturated carbocycles. The highest BCUT2D eigenvalue weighted by Gasteiger charge is 2.17. The molecule has 76 valence electrons. The average molecular weight is 188 g/mol. The summed E-state index contributed by atoms with van der Waals surface area (Å²) < 4.78 is 5.16. The van der Waals surface area contributed by atoms with Crippen LogP contribution < -0.4 is 5.73 Å². The first-order valence-electron chi connectivity index (χ1n) is 4.49. The molecule has 1 heterocycles. The maximum Gasteiger partial charge on any atom is 0.303 e. The number of carbonyl (C=O) groups is 1. The number of hydrogen-bond donors (Lipinski definition) is 2. The molecule has 0 aromatic heterocycles. The molecular weight excluding hydrogens is 172 g/mol. The molecule has 1 aliphatic rings. The van der Waals surface area contributed by atoms with Crippen LogP contribution in [0.4, 0.5) is 0 Å². The van der Waals surface area contributed by atoms with E-state index in [2.05, 4.69) is 4.90 Å². The number of aliphatic carboxylic acids is 1. The first-order valence-corrected chi connectivity index (χ1v) is 4.49. The number of carboxylic acid groups (broad SMARTS) is 1. The number of nitrogens with two attached hydrogens (primary N) is 1. The number of nitrogens with zero attached hydrogens (tertiary/aromatic N) is 1. The van der Waals surface area contributed by atoms with Crippen LogP contribution >= 0.6 is 0 Å². The van der Waals surface area contributed by atoms with Crippen molar-refractivity contribution in [3.8, 4) is 0 Å². The summed E-state index contributed by atoms with van der Waals surface area (Å²) in [5.41, 5.74) is 5.80. The van der Waals surface area contributed by atoms with E-state index in [-0.39, 0.29) is 12.6 Å². The number of hydrogen-bond acceptors (Lipinski definition) is 4. The second-order valence-corrected chi connectivity index (χ2v) is 3.15. The third kappa shape index (κ3) is 3.71. The van der Waals surface area contributed by atoms with Crippen LogP contribution in [0.25, 0.3) is 0 Å². The van der Waals surface area contributed by atoms with Gasteiger partial charge in [0.15, 0.2) is 0 Å². The lowest BCUT2D eigenvalue weighted by Crippen LogP contribution is -2.48. The molecular formula is C8H16N2O3. The second kappa shape index (κ2) is 5.16. The molecule has 13 heavy (non-hydrogen) atoms. The predicted molar refractivity (Wildman–Crippen MR) is 47.2 cm³/mol. The maximum atomic E-state index is 10.3. The SMILES string of the molecule is NC(CCC(=O)O)N1CCOCC1. The molecule has 0 radical (unpaired) electrons. The number of morpholine rings is 1. The molecule has 0 spiro atoms. The fourth-order valence-electron chi connectivity index (χ4n) is 1.36. The van der Waals surface area contributed by atoms with Crippen molar-refractivity contribution in [1.29, 1.82) is 0 Å². The molecule has 0 aromatic carbocycles. The molecule has 0 bridgehead atoms. The third-order valence-corrected chi connectivity index (χ3v) is 2.17. The second-order valence-electron chi connectivity index (χ2n) is 3.15. The van der Waals surface area contributed by atoms with E-state index in [1.165, 1.54) is 0 Å². The minimum atomic E-state index is -0.788. The zero-order valence-corrected chi connectivity index (χ0v) is 7.61. The van der Waals surface area contributed by atoms with Crippen LogP contribution in [0.1, 0.15) is 12.8 Å². The summed E-state index contributed by atoms with van der Waals surface area (Å²) in [5.74, 6) is -0.788. The molecule has 0 amide bonds. The van der Waals surface area contributed by atoms with Crippen LogP contribution in [-0.4, -0.2) is 48.4 Å². The molecule has 1 saturated heterocycles. The van der Waals surface area contributed by atoms with Crippen LogP contribution in [0.2, 0.25) is 0 Å². The van der Waals surface area contributed by atoms with Crippen molar-refractivity contribution in [3.63, 3.8) is 0 Å². The summed E-state index contributed by atoms with van der Waals surface area (Å²) in [5, 5.41) is 8.46. The van der Waals surface area contributed by atoms with E-state index in [1.807, 2.05) is 0 Å². The van der Waals surface area contributed by atoms with Gasteiger partial charge in [-0.1, -0.05) is 0 Å². The molecule has 0 aliphatic carbocycles. The molecule has 1 unspecified atom stereocenters. The maximum absolute atomic E-state index is 10.3. The number of carboxylic acids is 1. The van der Waals surface area contributed by atoms with Gasteiger partial charge >= 0.3 is 5.97 Å². The minimum absolute atomic E-state index is 0.137. The van der Waals surface area contributed by atoms with Gasteiger partial charge in [-0.2, -0.15) is 0 Å². The Balaban J connectivity index is 2.20. The number of rotatable bonds is 4. The van der Waals surface area contributed by atoms with Crippen molar-refractivity contribution in [2.75, 3.05) is 26.3 Å². The van der Waals surface area contributed by atoms with Gasteiger partial charge in [0.05, 0.1) is 19.4 Å². The highest BCUT2D eigenvalue weighted by Crippen LogP contribution is 2.04. The standard InChI is InChI=1S/C8H16N2O3/c9-7(1-2-8(11)12)10-3-5-13-6-4-10/h7H,1-6,9H2,(H,11,12). The average Bonchev–Trinajstić information content (AvgIpc) is 2.15. The zero-order chi connectivity index (χ0) is 9.68. The largest absolute Gasteiger partial charge is 0.481 e. The fraction of sp³-hybridized carbons (Fsp3) is 0.875. The third-order valence-electron chi connectivity index (χ3n) is 2.17. The monoisotopic (exact) mass is 188 g/mol. The molecule has 0 aromatic rings. The topological polar surface area (TPSA) is 75.8 Å². The molecule has 1 aliphatic heterocycles. The van der Waals surface area contributed by atoms with Crippen molar-refractivity contribution >= 4 is 5.97 Å². The molecule has 3 N–H and O–H groups in total. The molecule has 1 atom stereocenters. The zero-order valence-electron chi connectivity index (χ0n) is 7.61. The first kappa shape index (κ1) is 10.4. The van der Waals surface area contributed by atoms with Gasteiger partial charge in [0, 0.05) is 19.5 Å². The van der Waals surface area contributed by atoms with Crippen molar-refractivity contribution in [2.45, 2.75) is 19.0 Å². The van der Waals surface area contributed by atoms with E-state index in [4.69, 9.17) is 15.6 Å². The van der Waals surface area contributed by atoms with Crippen LogP contribution in [0.5, 0.6) is 0 Å². The quantitative estimate of drug-likeness (QED) is 0.620. The molecule has 1 fully saturated rings. The van der Waals surface area contributed by atoms with Crippen LogP contribution in [0.15, 0.2) is 0 Å². The van der Waals surface area contributed by atoms with Crippen LogP contribution in [-0.2, 0) is 9.53 Å². The summed E-state index contributed by atoms with van der Waals surface area (Å²) in [6, 6.07) is 0. The molecule has 1 rings (SSSR count). The first-order chi connectivity index (χ1) is 6.20. The summed E-state index contributed by atoms with van der Waals surface area (Å²) in [6.07, 6.45) is 0.508. The summed E-state index contributed by atoms with van der Waals surface area (Å²) in [4.78, 5) is 12.3. The Kier molecular flexibility index (Phi) is 4.14. The Morgan fingerprint density at radius 1 is 1.54 bits per heavy atom. The van der Waals surface area contributed by atoms with Gasteiger partial charge in [0.25, 0.3) is 0 Å². The fourth-order valence-corrected chi connectivity index (χ4v) is 1.36. The Hall–Kier alpha value is -0.650. The van der Waals surface area contributed by atoms with Gasteiger partial charge in [-0.3, -0.25) is 9.69 Å². The lowest BCUT2D eigenvalue weighted by atomic mass is 10.2. The Labute approximate surface area is 77.5 Å². The summed E-state index contributed by atoms with van der Waals surface area (Å²) in [7, 11) is 0. The van der Waals surface area contributed by atoms with Crippen LogP contribution in [0.3, 0.4) is 0 Å². The Morgan fingerprint density at radius 2 is 2.15 bits per heavy atom. The lowest BCUT2D eigenvalue weighted by molar-refractivity contribution is -0.137. The van der Waals surface area contributed by atoms with Crippen molar-refractivity contribution < 1.29 is 14.6 Å². The highest BCUT2D eigenvalue weighted by molar-refractivity contribution is 5.66. The smallest absolute Gasteiger partial charge is 0.303 e. The van der Waals surface area contributed by atoms with Crippen molar-refractivity contribution in [3.05, 3.63) is 0 Å². The Bertz CT molecular complexity index is 169. The van der Waals surface area contributed by atoms with E-state index in [9.17, 15) is 4.79 Å². The summed E-state index contributed by atoms with van der Waals surface area (Å²) in [6.45, 7) is 3.00. The van der Waals surface area contributed by atoms with Crippen LogP contribution in [0, 0.1) is 0 Å². The molecule has 5 nitrogen and oxygen atoms in total. The van der Waals surface area contributed by atoms with Gasteiger partial charge < -0.3 is 15.6 Å². The van der Waals surface area contributed by atoms with Gasteiger partial charge in [0.1, 0.15) is 0 Å². The van der Waals surface area contributed by atoms with E-state index >= 15 is 0 Å². The van der Waals surface area contributed by atoms with Crippen molar-refractivity contribution in [1.82, 2.24) is 4.90 Å². The Morgan fingerprint density at radius 3 is 2.69 bits per heavy atom. The van der Waals surface area contributed by atoms with E-state index in [0.717, 1.165) is 13.1 Å². The lowest BCUT2D eigenvalue weighted by Gasteiger charge is -2.31. The van der Waals surface area contributed by atoms with Crippen molar-refractivity contribution in [2.24, 2.45) is 5.73 Å². The van der Waals surface area contributed by atoms with Gasteiger partial charge in [-0.25, -0.2) is 0 Å². The summed E-state index contributed by atoms with van der Waals surface area (Å²) >= 11 is 0. The predicted octanol–water partition coefficient (Wildman–Crippen LogP) is -0.532. The van der Waals surface area contributed by atoms with E-state index in [1.54, 1.807) is 0 Å². The highest BCUT2D eigenvalue weighted by atomic mass is 16.5. The molecule has 5 heteroatoms. The van der Waals surface area contributed by atoms with E-state index < -0.39 is 5.97 Å². The van der Waals surface area contributed by atoms with E-state index in [0.29, 0.717) is 19.6 Å². The number of ether oxygens (including phenoxy) is 1. The normalized spacial score (nSPS) is 21.3. The minimum Gasteiger partial charge on any atom is -0.481 e. The van der Waals surface area contributed by atoms with Gasteiger partial charge in [-0.15, -0.1) is 0 Å². The van der Waals surface area contributed by atoms with Gasteiger partial charge in [0.2, 0.25) is 0 Å².